The lowest BCUT2D eigenvalue weighted by atomic mass is 9.79. The molecule has 0 spiro atoms. The van der Waals surface area contributed by atoms with E-state index in [-0.39, 0.29) is 11.5 Å². The lowest BCUT2D eigenvalue weighted by Crippen LogP contribution is -2.48. The van der Waals surface area contributed by atoms with Crippen molar-refractivity contribution in [1.82, 2.24) is 4.90 Å². The number of aliphatic hydroxyl groups excluding tert-OH is 1. The smallest absolute Gasteiger partial charge is 0.161 e. The van der Waals surface area contributed by atoms with Gasteiger partial charge in [-0.25, -0.2) is 0 Å². The van der Waals surface area contributed by atoms with Gasteiger partial charge in [-0.2, -0.15) is 0 Å². The van der Waals surface area contributed by atoms with Crippen LogP contribution in [-0.4, -0.2) is 43.4 Å². The van der Waals surface area contributed by atoms with Crippen LogP contribution in [0.15, 0.2) is 12.1 Å². The van der Waals surface area contributed by atoms with Crippen molar-refractivity contribution in [3.63, 3.8) is 0 Å². The summed E-state index contributed by atoms with van der Waals surface area (Å²) in [4.78, 5) is 1.60. The SMILES string of the molecule is [2H]C1([2H])c2cc(OC)c(OC)cc2[C@@H]2C[C@@H](O)[C@@H](CC(C)C)CN2C1([2H])[2H]. The Morgan fingerprint density at radius 2 is 2.00 bits per heavy atom. The number of ether oxygens (including phenoxy) is 2. The van der Waals surface area contributed by atoms with E-state index in [1.54, 1.807) is 11.0 Å². The molecule has 1 aromatic rings. The highest BCUT2D eigenvalue weighted by Gasteiger charge is 2.38. The molecule has 0 radical (unpaired) electrons. The summed E-state index contributed by atoms with van der Waals surface area (Å²) in [5.74, 6) is 1.16. The second-order valence-corrected chi connectivity index (χ2v) is 6.89. The molecule has 23 heavy (non-hydrogen) atoms. The summed E-state index contributed by atoms with van der Waals surface area (Å²) in [6, 6.07) is 2.86. The average Bonchev–Trinajstić information content (AvgIpc) is 2.60. The summed E-state index contributed by atoms with van der Waals surface area (Å²) in [6.45, 7) is 2.29. The van der Waals surface area contributed by atoms with Crippen LogP contribution in [0.25, 0.3) is 0 Å². The zero-order chi connectivity index (χ0) is 20.1. The molecule has 0 bridgehead atoms. The average molecular weight is 323 g/mol. The zero-order valence-corrected chi connectivity index (χ0v) is 14.3. The molecule has 1 N–H and O–H groups in total. The maximum Gasteiger partial charge on any atom is 0.161 e. The summed E-state index contributed by atoms with van der Waals surface area (Å²) in [6.07, 6.45) is -1.62. The van der Waals surface area contributed by atoms with E-state index >= 15 is 0 Å². The summed E-state index contributed by atoms with van der Waals surface area (Å²) >= 11 is 0. The van der Waals surface area contributed by atoms with E-state index in [4.69, 9.17) is 15.0 Å². The van der Waals surface area contributed by atoms with Crippen molar-refractivity contribution in [2.24, 2.45) is 11.8 Å². The molecule has 0 amide bonds. The fraction of sp³-hybridized carbons (Fsp3) is 0.684. The largest absolute Gasteiger partial charge is 0.493 e. The third kappa shape index (κ3) is 3.20. The van der Waals surface area contributed by atoms with Gasteiger partial charge < -0.3 is 14.6 Å². The molecule has 3 rings (SSSR count). The third-order valence-electron chi connectivity index (χ3n) is 4.84. The Kier molecular flexibility index (Phi) is 3.54. The minimum atomic E-state index is -2.22. The Morgan fingerprint density at radius 3 is 2.65 bits per heavy atom. The minimum absolute atomic E-state index is 0.0752. The Labute approximate surface area is 145 Å². The molecule has 2 aliphatic rings. The van der Waals surface area contributed by atoms with Crippen molar-refractivity contribution in [3.05, 3.63) is 23.3 Å². The molecule has 1 aromatic carbocycles. The van der Waals surface area contributed by atoms with Crippen LogP contribution in [0, 0.1) is 11.8 Å². The summed E-state index contributed by atoms with van der Waals surface area (Å²) in [7, 11) is 3.00. The van der Waals surface area contributed by atoms with Gasteiger partial charge in [0.25, 0.3) is 0 Å². The first kappa shape index (κ1) is 12.2. The molecular formula is C19H29NO3. The maximum atomic E-state index is 10.7. The molecule has 3 atom stereocenters. The first-order chi connectivity index (χ1) is 12.5. The maximum absolute atomic E-state index is 10.7. The number of aryl methyl sites for hydroxylation is 1. The summed E-state index contributed by atoms with van der Waals surface area (Å²) in [5.41, 5.74) is 0.927. The lowest BCUT2D eigenvalue weighted by Gasteiger charge is -2.46. The Hall–Kier alpha value is -1.26. The van der Waals surface area contributed by atoms with Crippen molar-refractivity contribution in [2.45, 2.75) is 45.2 Å². The highest BCUT2D eigenvalue weighted by atomic mass is 16.5. The highest BCUT2D eigenvalue weighted by molar-refractivity contribution is 5.49. The van der Waals surface area contributed by atoms with E-state index in [1.807, 2.05) is 0 Å². The standard InChI is InChI=1S/C19H29NO3/c1-12(2)7-14-11-20-6-5-13-8-18(22-3)19(23-4)9-15(13)16(20)10-17(14)21/h8-9,12,14,16-17,21H,5-7,10-11H2,1-4H3/t14-,16-,17+/m0/s1/i5D2,6D2. The van der Waals surface area contributed by atoms with Gasteiger partial charge in [0.05, 0.1) is 20.3 Å². The molecule has 0 saturated carbocycles. The predicted octanol–water partition coefficient (Wildman–Crippen LogP) is 3.03. The molecule has 1 saturated heterocycles. The van der Waals surface area contributed by atoms with Gasteiger partial charge in [0.2, 0.25) is 0 Å². The van der Waals surface area contributed by atoms with Crippen molar-refractivity contribution < 1.29 is 20.1 Å². The molecule has 4 heteroatoms. The second kappa shape index (κ2) is 6.70. The van der Waals surface area contributed by atoms with E-state index in [1.165, 1.54) is 20.3 Å². The number of rotatable bonds is 4. The molecule has 0 aliphatic carbocycles. The van der Waals surface area contributed by atoms with E-state index < -0.39 is 25.0 Å². The molecule has 2 aliphatic heterocycles. The highest BCUT2D eigenvalue weighted by Crippen LogP contribution is 2.43. The van der Waals surface area contributed by atoms with Crippen molar-refractivity contribution in [2.75, 3.05) is 27.3 Å². The first-order valence-electron chi connectivity index (χ1n) is 10.3. The first-order valence-corrected chi connectivity index (χ1v) is 8.25. The molecule has 4 nitrogen and oxygen atoms in total. The summed E-state index contributed by atoms with van der Waals surface area (Å²) < 4.78 is 45.1. The number of aliphatic hydroxyl groups is 1. The van der Waals surface area contributed by atoms with Crippen LogP contribution in [-0.2, 0) is 6.37 Å². The van der Waals surface area contributed by atoms with Crippen LogP contribution in [0.4, 0.5) is 0 Å². The van der Waals surface area contributed by atoms with Crippen LogP contribution in [0.5, 0.6) is 11.5 Å². The van der Waals surface area contributed by atoms with Gasteiger partial charge in [-0.3, -0.25) is 4.90 Å². The number of fused-ring (bicyclic) bond motifs is 3. The lowest BCUT2D eigenvalue weighted by molar-refractivity contribution is -0.0191. The van der Waals surface area contributed by atoms with E-state index in [0.29, 0.717) is 35.9 Å². The Morgan fingerprint density at radius 1 is 1.30 bits per heavy atom. The van der Waals surface area contributed by atoms with Gasteiger partial charge in [0.1, 0.15) is 0 Å². The number of nitrogens with zero attached hydrogens (tertiary/aromatic N) is 1. The third-order valence-corrected chi connectivity index (χ3v) is 4.84. The molecular weight excluding hydrogens is 290 g/mol. The molecule has 0 unspecified atom stereocenters. The number of piperidine rings is 1. The molecule has 128 valence electrons. The number of hydrogen-bond donors (Lipinski definition) is 1. The fourth-order valence-electron chi connectivity index (χ4n) is 3.72. The Balaban J connectivity index is 2.12. The zero-order valence-electron chi connectivity index (χ0n) is 18.3. The molecule has 2 heterocycles. The van der Waals surface area contributed by atoms with Crippen molar-refractivity contribution >= 4 is 0 Å². The van der Waals surface area contributed by atoms with Crippen molar-refractivity contribution in [3.8, 4) is 11.5 Å². The van der Waals surface area contributed by atoms with Gasteiger partial charge in [-0.05, 0) is 54.3 Å². The number of methoxy groups -OCH3 is 2. The van der Waals surface area contributed by atoms with Gasteiger partial charge >= 0.3 is 0 Å². The molecule has 0 aromatic heterocycles. The van der Waals surface area contributed by atoms with Crippen LogP contribution >= 0.6 is 0 Å². The van der Waals surface area contributed by atoms with Gasteiger partial charge in [-0.15, -0.1) is 0 Å². The number of benzene rings is 1. The predicted molar refractivity (Wildman–Crippen MR) is 91.1 cm³/mol. The quantitative estimate of drug-likeness (QED) is 0.925. The summed E-state index contributed by atoms with van der Waals surface area (Å²) in [5, 5.41) is 10.7. The minimum Gasteiger partial charge on any atom is -0.493 e. The van der Waals surface area contributed by atoms with Crippen LogP contribution in [0.3, 0.4) is 0 Å². The Bertz CT molecular complexity index is 710. The second-order valence-electron chi connectivity index (χ2n) is 6.89. The van der Waals surface area contributed by atoms with Gasteiger partial charge in [-0.1, -0.05) is 13.8 Å². The van der Waals surface area contributed by atoms with E-state index in [9.17, 15) is 5.11 Å². The van der Waals surface area contributed by atoms with Crippen LogP contribution < -0.4 is 9.47 Å². The number of hydrogen-bond acceptors (Lipinski definition) is 4. The van der Waals surface area contributed by atoms with E-state index in [0.717, 1.165) is 6.42 Å². The van der Waals surface area contributed by atoms with E-state index in [2.05, 4.69) is 13.8 Å². The molecule has 1 fully saturated rings. The van der Waals surface area contributed by atoms with Crippen LogP contribution in [0.2, 0.25) is 0 Å². The van der Waals surface area contributed by atoms with Crippen molar-refractivity contribution in [1.29, 1.82) is 0 Å². The van der Waals surface area contributed by atoms with Gasteiger partial charge in [0.15, 0.2) is 11.5 Å². The topological polar surface area (TPSA) is 41.9 Å². The normalized spacial score (nSPS) is 34.4. The monoisotopic (exact) mass is 323 g/mol. The van der Waals surface area contributed by atoms with Crippen LogP contribution in [0.1, 0.15) is 49.3 Å². The van der Waals surface area contributed by atoms with Gasteiger partial charge in [0, 0.05) is 24.6 Å². The fourth-order valence-corrected chi connectivity index (χ4v) is 3.72.